The van der Waals surface area contributed by atoms with Gasteiger partial charge in [0.1, 0.15) is 5.75 Å². The minimum absolute atomic E-state index is 0.0550. The number of morpholine rings is 1. The molecule has 5 nitrogen and oxygen atoms in total. The number of aryl methyl sites for hydroxylation is 2. The third-order valence-corrected chi connectivity index (χ3v) is 4.75. The number of hydrogen-bond donors (Lipinski definition) is 1. The second kappa shape index (κ2) is 9.25. The van der Waals surface area contributed by atoms with E-state index < -0.39 is 0 Å². The molecular weight excluding hydrogens is 360 g/mol. The van der Waals surface area contributed by atoms with Gasteiger partial charge in [-0.25, -0.2) is 0 Å². The smallest absolute Gasteiger partial charge is 0.257 e. The van der Waals surface area contributed by atoms with Crippen molar-refractivity contribution in [2.75, 3.05) is 46.0 Å². The molecule has 0 saturated carbocycles. The van der Waals surface area contributed by atoms with E-state index in [1.807, 2.05) is 26.0 Å². The van der Waals surface area contributed by atoms with Crippen LogP contribution in [0.5, 0.6) is 5.75 Å². The second-order valence-electron chi connectivity index (χ2n) is 5.81. The number of halogens is 1. The van der Waals surface area contributed by atoms with Crippen LogP contribution in [0.15, 0.2) is 16.6 Å². The van der Waals surface area contributed by atoms with Crippen molar-refractivity contribution in [1.82, 2.24) is 10.2 Å². The maximum Gasteiger partial charge on any atom is 0.257 e. The van der Waals surface area contributed by atoms with Crippen LogP contribution in [0.2, 0.25) is 0 Å². The summed E-state index contributed by atoms with van der Waals surface area (Å²) in [5.41, 5.74) is 2.11. The predicted octanol–water partition coefficient (Wildman–Crippen LogP) is 2.28. The van der Waals surface area contributed by atoms with Gasteiger partial charge in [-0.15, -0.1) is 0 Å². The summed E-state index contributed by atoms with van der Waals surface area (Å²) < 4.78 is 12.0. The summed E-state index contributed by atoms with van der Waals surface area (Å²) in [7, 11) is 0. The number of ether oxygens (including phenoxy) is 2. The number of hydrogen-bond acceptors (Lipinski definition) is 4. The fraction of sp³-hybridized carbons (Fsp3) is 0.588. The van der Waals surface area contributed by atoms with Gasteiger partial charge in [-0.1, -0.05) is 15.9 Å². The topological polar surface area (TPSA) is 50.8 Å². The van der Waals surface area contributed by atoms with E-state index >= 15 is 0 Å². The Morgan fingerprint density at radius 3 is 2.78 bits per heavy atom. The number of carbonyl (C=O) groups excluding carboxylic acids is 1. The van der Waals surface area contributed by atoms with Gasteiger partial charge in [-0.05, 0) is 50.1 Å². The minimum atomic E-state index is -0.0769. The summed E-state index contributed by atoms with van der Waals surface area (Å²) in [6, 6.07) is 3.95. The fourth-order valence-corrected chi connectivity index (χ4v) is 2.92. The Labute approximate surface area is 146 Å². The molecule has 6 heteroatoms. The molecule has 0 radical (unpaired) electrons. The van der Waals surface area contributed by atoms with Gasteiger partial charge >= 0.3 is 0 Å². The molecule has 1 aromatic rings. The normalized spacial score (nSPS) is 15.4. The van der Waals surface area contributed by atoms with Gasteiger partial charge in [0.05, 0.1) is 13.2 Å². The van der Waals surface area contributed by atoms with E-state index in [9.17, 15) is 4.79 Å². The number of nitrogens with one attached hydrogen (secondary N) is 1. The second-order valence-corrected chi connectivity index (χ2v) is 6.67. The molecule has 0 unspecified atom stereocenters. The summed E-state index contributed by atoms with van der Waals surface area (Å²) in [6.07, 6.45) is 0.947. The monoisotopic (exact) mass is 384 g/mol. The van der Waals surface area contributed by atoms with E-state index in [4.69, 9.17) is 9.47 Å². The number of benzene rings is 1. The molecule has 0 aliphatic carbocycles. The van der Waals surface area contributed by atoms with Crippen molar-refractivity contribution >= 4 is 21.8 Å². The zero-order valence-corrected chi connectivity index (χ0v) is 15.4. The van der Waals surface area contributed by atoms with E-state index in [0.717, 1.165) is 60.6 Å². The Morgan fingerprint density at radius 2 is 2.04 bits per heavy atom. The van der Waals surface area contributed by atoms with Crippen molar-refractivity contribution in [3.63, 3.8) is 0 Å². The molecule has 0 bridgehead atoms. The van der Waals surface area contributed by atoms with Crippen LogP contribution in [0.3, 0.4) is 0 Å². The van der Waals surface area contributed by atoms with E-state index in [1.54, 1.807) is 0 Å². The van der Waals surface area contributed by atoms with Crippen molar-refractivity contribution in [3.05, 3.63) is 27.7 Å². The standard InChI is InChI=1S/C17H25BrN2O3/c1-13-11-16(14(2)10-15(13)18)23-12-17(21)19-4-3-5-20-6-8-22-9-7-20/h10-11H,3-9,12H2,1-2H3,(H,19,21). The van der Waals surface area contributed by atoms with Crippen molar-refractivity contribution in [1.29, 1.82) is 0 Å². The van der Waals surface area contributed by atoms with E-state index in [-0.39, 0.29) is 12.5 Å². The molecule has 128 valence electrons. The van der Waals surface area contributed by atoms with Crippen molar-refractivity contribution in [3.8, 4) is 5.75 Å². The zero-order valence-electron chi connectivity index (χ0n) is 13.9. The molecule has 1 aliphatic rings. The molecule has 0 atom stereocenters. The number of carbonyl (C=O) groups is 1. The molecule has 1 heterocycles. The van der Waals surface area contributed by atoms with Crippen LogP contribution in [-0.4, -0.2) is 56.8 Å². The van der Waals surface area contributed by atoms with E-state index in [0.29, 0.717) is 6.54 Å². The van der Waals surface area contributed by atoms with Crippen molar-refractivity contribution < 1.29 is 14.3 Å². The summed E-state index contributed by atoms with van der Waals surface area (Å²) in [4.78, 5) is 14.2. The van der Waals surface area contributed by atoms with Gasteiger partial charge in [0, 0.05) is 24.1 Å². The number of amides is 1. The first-order valence-electron chi connectivity index (χ1n) is 8.02. The molecule has 23 heavy (non-hydrogen) atoms. The Morgan fingerprint density at radius 1 is 1.30 bits per heavy atom. The lowest BCUT2D eigenvalue weighted by atomic mass is 10.1. The highest BCUT2D eigenvalue weighted by atomic mass is 79.9. The molecular formula is C17H25BrN2O3. The average molecular weight is 385 g/mol. The SMILES string of the molecule is Cc1cc(OCC(=O)NCCCN2CCOCC2)c(C)cc1Br. The Bertz CT molecular complexity index is 531. The van der Waals surface area contributed by atoms with Crippen LogP contribution in [0, 0.1) is 13.8 Å². The maximum absolute atomic E-state index is 11.9. The minimum Gasteiger partial charge on any atom is -0.483 e. The molecule has 1 aliphatic heterocycles. The van der Waals surface area contributed by atoms with Crippen LogP contribution in [-0.2, 0) is 9.53 Å². The third-order valence-electron chi connectivity index (χ3n) is 3.89. The van der Waals surface area contributed by atoms with Gasteiger partial charge in [0.25, 0.3) is 5.91 Å². The summed E-state index contributed by atoms with van der Waals surface area (Å²) in [6.45, 7) is 9.30. The Kier molecular flexibility index (Phi) is 7.33. The molecule has 1 fully saturated rings. The van der Waals surface area contributed by atoms with Crippen LogP contribution < -0.4 is 10.1 Å². The Balaban J connectivity index is 1.64. The average Bonchev–Trinajstić information content (AvgIpc) is 2.55. The summed E-state index contributed by atoms with van der Waals surface area (Å²) >= 11 is 3.49. The lowest BCUT2D eigenvalue weighted by molar-refractivity contribution is -0.123. The first-order chi connectivity index (χ1) is 11.1. The lowest BCUT2D eigenvalue weighted by Gasteiger charge is -2.26. The molecule has 1 aromatic carbocycles. The molecule has 1 saturated heterocycles. The largest absolute Gasteiger partial charge is 0.483 e. The highest BCUT2D eigenvalue weighted by Gasteiger charge is 2.10. The van der Waals surface area contributed by atoms with Gasteiger partial charge in [0.2, 0.25) is 0 Å². The van der Waals surface area contributed by atoms with Crippen LogP contribution in [0.25, 0.3) is 0 Å². The molecule has 0 aromatic heterocycles. The third kappa shape index (κ3) is 6.12. The van der Waals surface area contributed by atoms with Crippen LogP contribution >= 0.6 is 15.9 Å². The van der Waals surface area contributed by atoms with Gasteiger partial charge in [-0.2, -0.15) is 0 Å². The lowest BCUT2D eigenvalue weighted by Crippen LogP contribution is -2.38. The number of rotatable bonds is 7. The highest BCUT2D eigenvalue weighted by Crippen LogP contribution is 2.26. The van der Waals surface area contributed by atoms with Crippen molar-refractivity contribution in [2.45, 2.75) is 20.3 Å². The quantitative estimate of drug-likeness (QED) is 0.732. The molecule has 1 N–H and O–H groups in total. The Hall–Kier alpha value is -1.11. The fourth-order valence-electron chi connectivity index (χ4n) is 2.46. The van der Waals surface area contributed by atoms with Gasteiger partial charge in [-0.3, -0.25) is 9.69 Å². The first kappa shape index (κ1) is 18.2. The molecule has 0 spiro atoms. The van der Waals surface area contributed by atoms with Crippen molar-refractivity contribution in [2.24, 2.45) is 0 Å². The predicted molar refractivity (Wildman–Crippen MR) is 94.0 cm³/mol. The van der Waals surface area contributed by atoms with Gasteiger partial charge < -0.3 is 14.8 Å². The van der Waals surface area contributed by atoms with Crippen LogP contribution in [0.4, 0.5) is 0 Å². The maximum atomic E-state index is 11.9. The van der Waals surface area contributed by atoms with E-state index in [1.165, 1.54) is 0 Å². The summed E-state index contributed by atoms with van der Waals surface area (Å²) in [5, 5.41) is 2.91. The van der Waals surface area contributed by atoms with Gasteiger partial charge in [0.15, 0.2) is 6.61 Å². The molecule has 1 amide bonds. The summed E-state index contributed by atoms with van der Waals surface area (Å²) in [5.74, 6) is 0.682. The van der Waals surface area contributed by atoms with E-state index in [2.05, 4.69) is 26.1 Å². The number of nitrogens with zero attached hydrogens (tertiary/aromatic N) is 1. The molecule has 2 rings (SSSR count). The van der Waals surface area contributed by atoms with Crippen LogP contribution in [0.1, 0.15) is 17.5 Å². The first-order valence-corrected chi connectivity index (χ1v) is 8.82. The zero-order chi connectivity index (χ0) is 16.7. The highest BCUT2D eigenvalue weighted by molar-refractivity contribution is 9.10.